The topological polar surface area (TPSA) is 49.8 Å². The molecule has 1 saturated heterocycles. The van der Waals surface area contributed by atoms with Gasteiger partial charge < -0.3 is 14.7 Å². The van der Waals surface area contributed by atoms with Crippen molar-refractivity contribution in [2.75, 3.05) is 20.3 Å². The summed E-state index contributed by atoms with van der Waals surface area (Å²) in [5.41, 5.74) is 0.686. The molecule has 1 aromatic rings. The van der Waals surface area contributed by atoms with E-state index >= 15 is 0 Å². The Hall–Kier alpha value is -1.55. The third-order valence-corrected chi connectivity index (χ3v) is 3.69. The molecule has 4 heteroatoms. The number of piperidine rings is 1. The number of aliphatic hydroxyl groups excluding tert-OH is 1. The lowest BCUT2D eigenvalue weighted by Crippen LogP contribution is -2.44. The molecule has 0 radical (unpaired) electrons. The lowest BCUT2D eigenvalue weighted by Gasteiger charge is -2.35. The van der Waals surface area contributed by atoms with Crippen molar-refractivity contribution in [2.24, 2.45) is 0 Å². The predicted octanol–water partition coefficient (Wildman–Crippen LogP) is 2.07. The van der Waals surface area contributed by atoms with Crippen LogP contribution < -0.4 is 4.74 Å². The van der Waals surface area contributed by atoms with Gasteiger partial charge in [-0.2, -0.15) is 0 Å². The fraction of sp³-hybridized carbons (Fsp3) is 0.533. The Morgan fingerprint density at radius 2 is 2.11 bits per heavy atom. The molecule has 0 aliphatic carbocycles. The summed E-state index contributed by atoms with van der Waals surface area (Å²) < 4.78 is 5.10. The molecule has 19 heavy (non-hydrogen) atoms. The average molecular weight is 263 g/mol. The van der Waals surface area contributed by atoms with Gasteiger partial charge in [0.2, 0.25) is 0 Å². The van der Waals surface area contributed by atoms with Crippen LogP contribution in [0.4, 0.5) is 0 Å². The Morgan fingerprint density at radius 3 is 2.74 bits per heavy atom. The van der Waals surface area contributed by atoms with Crippen molar-refractivity contribution in [3.8, 4) is 5.75 Å². The Morgan fingerprint density at radius 1 is 1.37 bits per heavy atom. The van der Waals surface area contributed by atoms with Gasteiger partial charge in [-0.05, 0) is 49.9 Å². The van der Waals surface area contributed by atoms with Crippen LogP contribution in [0.5, 0.6) is 5.75 Å². The third kappa shape index (κ3) is 3.26. The number of aliphatic hydroxyl groups is 1. The monoisotopic (exact) mass is 263 g/mol. The van der Waals surface area contributed by atoms with Gasteiger partial charge in [0.05, 0.1) is 7.11 Å². The molecular weight excluding hydrogens is 242 g/mol. The quantitative estimate of drug-likeness (QED) is 0.904. The van der Waals surface area contributed by atoms with E-state index in [9.17, 15) is 4.79 Å². The number of carbonyl (C=O) groups excluding carboxylic acids is 1. The van der Waals surface area contributed by atoms with Gasteiger partial charge in [-0.1, -0.05) is 0 Å². The minimum Gasteiger partial charge on any atom is -0.497 e. The normalized spacial score (nSPS) is 19.3. The molecule has 2 rings (SSSR count). The number of nitrogens with zero attached hydrogens (tertiary/aromatic N) is 1. The molecule has 1 amide bonds. The van der Waals surface area contributed by atoms with Crippen molar-refractivity contribution in [3.63, 3.8) is 0 Å². The largest absolute Gasteiger partial charge is 0.497 e. The molecule has 1 N–H and O–H groups in total. The Bertz CT molecular complexity index is 414. The summed E-state index contributed by atoms with van der Waals surface area (Å²) in [6.45, 7) is 0.923. The van der Waals surface area contributed by atoms with E-state index in [2.05, 4.69) is 0 Å². The standard InChI is InChI=1S/C15H21NO3/c1-19-14-7-5-12(6-8-14)15(18)16-10-3-2-4-13(16)9-11-17/h5-8,13,17H,2-4,9-11H2,1H3/t13-/m1/s1. The number of rotatable bonds is 4. The molecule has 0 aromatic heterocycles. The zero-order chi connectivity index (χ0) is 13.7. The van der Waals surface area contributed by atoms with Crippen LogP contribution in [0.1, 0.15) is 36.0 Å². The predicted molar refractivity (Wildman–Crippen MR) is 73.4 cm³/mol. The highest BCUT2D eigenvalue weighted by Crippen LogP contribution is 2.22. The van der Waals surface area contributed by atoms with Crippen molar-refractivity contribution in [2.45, 2.75) is 31.7 Å². The molecule has 0 unspecified atom stereocenters. The first-order valence-corrected chi connectivity index (χ1v) is 6.82. The molecule has 104 valence electrons. The van der Waals surface area contributed by atoms with E-state index in [-0.39, 0.29) is 18.6 Å². The van der Waals surface area contributed by atoms with Gasteiger partial charge >= 0.3 is 0 Å². The van der Waals surface area contributed by atoms with E-state index in [0.29, 0.717) is 12.0 Å². The van der Waals surface area contributed by atoms with Crippen LogP contribution in [0.2, 0.25) is 0 Å². The highest BCUT2D eigenvalue weighted by atomic mass is 16.5. The van der Waals surface area contributed by atoms with E-state index in [1.807, 2.05) is 4.90 Å². The fourth-order valence-electron chi connectivity index (χ4n) is 2.62. The van der Waals surface area contributed by atoms with Crippen LogP contribution in [0.15, 0.2) is 24.3 Å². The molecule has 0 spiro atoms. The van der Waals surface area contributed by atoms with Crippen molar-refractivity contribution >= 4 is 5.91 Å². The molecule has 1 fully saturated rings. The van der Waals surface area contributed by atoms with E-state index in [1.165, 1.54) is 0 Å². The second-order valence-corrected chi connectivity index (χ2v) is 4.89. The van der Waals surface area contributed by atoms with E-state index in [0.717, 1.165) is 31.6 Å². The number of amides is 1. The van der Waals surface area contributed by atoms with Gasteiger partial charge in [0.1, 0.15) is 5.75 Å². The zero-order valence-corrected chi connectivity index (χ0v) is 11.3. The van der Waals surface area contributed by atoms with Crippen molar-refractivity contribution in [1.29, 1.82) is 0 Å². The lowest BCUT2D eigenvalue weighted by atomic mass is 9.98. The summed E-state index contributed by atoms with van der Waals surface area (Å²) in [5, 5.41) is 9.10. The van der Waals surface area contributed by atoms with Crippen LogP contribution >= 0.6 is 0 Å². The first-order valence-electron chi connectivity index (χ1n) is 6.82. The second-order valence-electron chi connectivity index (χ2n) is 4.89. The molecule has 0 saturated carbocycles. The number of methoxy groups -OCH3 is 1. The van der Waals surface area contributed by atoms with Gasteiger partial charge in [-0.3, -0.25) is 4.79 Å². The lowest BCUT2D eigenvalue weighted by molar-refractivity contribution is 0.0574. The van der Waals surface area contributed by atoms with E-state index in [4.69, 9.17) is 9.84 Å². The van der Waals surface area contributed by atoms with E-state index < -0.39 is 0 Å². The third-order valence-electron chi connectivity index (χ3n) is 3.69. The SMILES string of the molecule is COc1ccc(C(=O)N2CCCC[C@@H]2CCO)cc1. The van der Waals surface area contributed by atoms with Gasteiger partial charge in [-0.15, -0.1) is 0 Å². The summed E-state index contributed by atoms with van der Waals surface area (Å²) in [4.78, 5) is 14.4. The minimum atomic E-state index is 0.0563. The average Bonchev–Trinajstić information content (AvgIpc) is 2.47. The van der Waals surface area contributed by atoms with Crippen LogP contribution in [0.25, 0.3) is 0 Å². The van der Waals surface area contributed by atoms with Crippen LogP contribution in [-0.4, -0.2) is 42.2 Å². The molecular formula is C15H21NO3. The van der Waals surface area contributed by atoms with Crippen LogP contribution in [0.3, 0.4) is 0 Å². The maximum atomic E-state index is 12.5. The number of ether oxygens (including phenoxy) is 1. The molecule has 0 bridgehead atoms. The van der Waals surface area contributed by atoms with Gasteiger partial charge in [0, 0.05) is 24.8 Å². The number of carbonyl (C=O) groups is 1. The molecule has 4 nitrogen and oxygen atoms in total. The van der Waals surface area contributed by atoms with Crippen LogP contribution in [-0.2, 0) is 0 Å². The van der Waals surface area contributed by atoms with Crippen LogP contribution in [0, 0.1) is 0 Å². The minimum absolute atomic E-state index is 0.0563. The molecule has 1 aliphatic rings. The summed E-state index contributed by atoms with van der Waals surface area (Å²) in [6, 6.07) is 7.38. The second kappa shape index (κ2) is 6.57. The van der Waals surface area contributed by atoms with Crippen molar-refractivity contribution in [1.82, 2.24) is 4.90 Å². The zero-order valence-electron chi connectivity index (χ0n) is 11.3. The number of likely N-dealkylation sites (tertiary alicyclic amines) is 1. The number of hydrogen-bond donors (Lipinski definition) is 1. The Kier molecular flexibility index (Phi) is 4.80. The molecule has 1 atom stereocenters. The van der Waals surface area contributed by atoms with Crippen molar-refractivity contribution in [3.05, 3.63) is 29.8 Å². The first-order chi connectivity index (χ1) is 9.26. The first kappa shape index (κ1) is 13.9. The smallest absolute Gasteiger partial charge is 0.254 e. The van der Waals surface area contributed by atoms with Crippen molar-refractivity contribution < 1.29 is 14.6 Å². The van der Waals surface area contributed by atoms with E-state index in [1.54, 1.807) is 31.4 Å². The highest BCUT2D eigenvalue weighted by Gasteiger charge is 2.26. The maximum absolute atomic E-state index is 12.5. The molecule has 1 aliphatic heterocycles. The molecule has 1 aromatic carbocycles. The number of benzene rings is 1. The summed E-state index contributed by atoms with van der Waals surface area (Å²) in [7, 11) is 1.61. The van der Waals surface area contributed by atoms with Gasteiger partial charge in [0.15, 0.2) is 0 Å². The van der Waals surface area contributed by atoms with Gasteiger partial charge in [0.25, 0.3) is 5.91 Å². The summed E-state index contributed by atoms with van der Waals surface area (Å²) in [6.07, 6.45) is 3.84. The fourth-order valence-corrected chi connectivity index (χ4v) is 2.62. The van der Waals surface area contributed by atoms with Gasteiger partial charge in [-0.25, -0.2) is 0 Å². The Balaban J connectivity index is 2.11. The molecule has 1 heterocycles. The summed E-state index contributed by atoms with van der Waals surface area (Å²) in [5.74, 6) is 0.808. The maximum Gasteiger partial charge on any atom is 0.254 e. The number of hydrogen-bond acceptors (Lipinski definition) is 3. The highest BCUT2D eigenvalue weighted by molar-refractivity contribution is 5.94. The summed E-state index contributed by atoms with van der Waals surface area (Å²) >= 11 is 0. The Labute approximate surface area is 114 Å².